The number of anilines is 1. The Morgan fingerprint density at radius 1 is 1.14 bits per heavy atom. The molecule has 2 N–H and O–H groups in total. The highest BCUT2D eigenvalue weighted by atomic mass is 19.1. The van der Waals surface area contributed by atoms with Gasteiger partial charge in [-0.05, 0) is 48.2 Å². The maximum atomic E-state index is 13.6. The first-order valence-electron chi connectivity index (χ1n) is 6.86. The predicted molar refractivity (Wildman–Crippen MR) is 80.4 cm³/mol. The quantitative estimate of drug-likeness (QED) is 0.838. The number of halogens is 2. The first-order valence-corrected chi connectivity index (χ1v) is 6.86. The lowest BCUT2D eigenvalue weighted by atomic mass is 9.99. The molecule has 0 spiro atoms. The highest BCUT2D eigenvalue weighted by Crippen LogP contribution is 2.31. The predicted octanol–water partition coefficient (Wildman–Crippen LogP) is 4.56. The zero-order chi connectivity index (χ0) is 15.6. The van der Waals surface area contributed by atoms with Gasteiger partial charge in [-0.25, -0.2) is 8.78 Å². The minimum Gasteiger partial charge on any atom is -0.488 e. The molecule has 2 rings (SSSR count). The van der Waals surface area contributed by atoms with Crippen molar-refractivity contribution in [2.45, 2.75) is 33.3 Å². The molecule has 0 aliphatic rings. The normalized spacial score (nSPS) is 11.0. The van der Waals surface area contributed by atoms with Gasteiger partial charge in [0.2, 0.25) is 0 Å². The number of aryl methyl sites for hydroxylation is 1. The molecule has 0 bridgehead atoms. The van der Waals surface area contributed by atoms with Gasteiger partial charge >= 0.3 is 0 Å². The fraction of sp³-hybridized carbons (Fsp3) is 0.294. The molecule has 2 aromatic carbocycles. The Bertz CT molecular complexity index is 633. The molecular formula is C17H19F2NO. The Morgan fingerprint density at radius 2 is 1.76 bits per heavy atom. The summed E-state index contributed by atoms with van der Waals surface area (Å²) in [5, 5.41) is 0. The van der Waals surface area contributed by atoms with E-state index in [-0.39, 0.29) is 18.1 Å². The van der Waals surface area contributed by atoms with E-state index in [1.165, 1.54) is 18.2 Å². The van der Waals surface area contributed by atoms with Crippen molar-refractivity contribution in [2.75, 3.05) is 5.73 Å². The van der Waals surface area contributed by atoms with E-state index in [1.807, 2.05) is 32.9 Å². The minimum absolute atomic E-state index is 0.0679. The molecule has 21 heavy (non-hydrogen) atoms. The summed E-state index contributed by atoms with van der Waals surface area (Å²) in [6.07, 6.45) is 0. The van der Waals surface area contributed by atoms with Crippen LogP contribution in [0.5, 0.6) is 5.75 Å². The molecule has 0 fully saturated rings. The van der Waals surface area contributed by atoms with Crippen LogP contribution < -0.4 is 10.5 Å². The summed E-state index contributed by atoms with van der Waals surface area (Å²) in [5.41, 5.74) is 8.33. The second kappa shape index (κ2) is 6.12. The van der Waals surface area contributed by atoms with Crippen LogP contribution in [0.15, 0.2) is 30.3 Å². The third-order valence-corrected chi connectivity index (χ3v) is 3.45. The van der Waals surface area contributed by atoms with Gasteiger partial charge in [0.1, 0.15) is 24.0 Å². The van der Waals surface area contributed by atoms with Crippen LogP contribution in [-0.4, -0.2) is 0 Å². The molecule has 0 amide bonds. The second-order valence-electron chi connectivity index (χ2n) is 5.39. The van der Waals surface area contributed by atoms with Crippen molar-refractivity contribution in [1.82, 2.24) is 0 Å². The topological polar surface area (TPSA) is 35.2 Å². The molecule has 0 aliphatic heterocycles. The lowest BCUT2D eigenvalue weighted by molar-refractivity contribution is 0.288. The first-order chi connectivity index (χ1) is 9.90. The van der Waals surface area contributed by atoms with Gasteiger partial charge in [-0.3, -0.25) is 0 Å². The largest absolute Gasteiger partial charge is 0.488 e. The van der Waals surface area contributed by atoms with Crippen molar-refractivity contribution in [3.8, 4) is 5.75 Å². The minimum atomic E-state index is -0.603. The van der Waals surface area contributed by atoms with Gasteiger partial charge < -0.3 is 10.5 Å². The lowest BCUT2D eigenvalue weighted by Crippen LogP contribution is -2.05. The molecule has 0 aromatic heterocycles. The van der Waals surface area contributed by atoms with E-state index in [9.17, 15) is 8.78 Å². The second-order valence-corrected chi connectivity index (χ2v) is 5.39. The molecule has 0 atom stereocenters. The van der Waals surface area contributed by atoms with Crippen LogP contribution in [0.4, 0.5) is 14.5 Å². The van der Waals surface area contributed by atoms with Crippen molar-refractivity contribution >= 4 is 5.69 Å². The van der Waals surface area contributed by atoms with Crippen LogP contribution in [-0.2, 0) is 6.61 Å². The number of ether oxygens (including phenoxy) is 1. The van der Waals surface area contributed by atoms with Crippen LogP contribution in [0.1, 0.15) is 36.5 Å². The van der Waals surface area contributed by atoms with Crippen molar-refractivity contribution in [3.63, 3.8) is 0 Å². The molecule has 4 heteroatoms. The Morgan fingerprint density at radius 3 is 2.33 bits per heavy atom. The fourth-order valence-electron chi connectivity index (χ4n) is 2.11. The average molecular weight is 291 g/mol. The van der Waals surface area contributed by atoms with Gasteiger partial charge in [-0.2, -0.15) is 0 Å². The van der Waals surface area contributed by atoms with E-state index in [4.69, 9.17) is 10.5 Å². The molecule has 0 aliphatic carbocycles. The summed E-state index contributed by atoms with van der Waals surface area (Å²) in [4.78, 5) is 0. The summed E-state index contributed by atoms with van der Waals surface area (Å²) in [6.45, 7) is 5.75. The van der Waals surface area contributed by atoms with E-state index in [0.717, 1.165) is 11.1 Å². The highest BCUT2D eigenvalue weighted by molar-refractivity contribution is 5.55. The zero-order valence-electron chi connectivity index (χ0n) is 12.4. The summed E-state index contributed by atoms with van der Waals surface area (Å²) < 4.78 is 32.9. The summed E-state index contributed by atoms with van der Waals surface area (Å²) >= 11 is 0. The SMILES string of the molecule is Cc1cc(OCc2c(F)cccc2F)c(C(C)C)cc1N. The molecule has 2 aromatic rings. The van der Waals surface area contributed by atoms with E-state index in [2.05, 4.69) is 0 Å². The van der Waals surface area contributed by atoms with Crippen LogP contribution in [0.2, 0.25) is 0 Å². The van der Waals surface area contributed by atoms with E-state index < -0.39 is 11.6 Å². The Labute approximate surface area is 123 Å². The smallest absolute Gasteiger partial charge is 0.132 e. The van der Waals surface area contributed by atoms with Crippen LogP contribution in [0.25, 0.3) is 0 Å². The number of nitrogens with two attached hydrogens (primary N) is 1. The lowest BCUT2D eigenvalue weighted by Gasteiger charge is -2.17. The molecule has 0 radical (unpaired) electrons. The highest BCUT2D eigenvalue weighted by Gasteiger charge is 2.13. The molecular weight excluding hydrogens is 272 g/mol. The van der Waals surface area contributed by atoms with E-state index in [1.54, 1.807) is 0 Å². The fourth-order valence-corrected chi connectivity index (χ4v) is 2.11. The number of hydrogen-bond donors (Lipinski definition) is 1. The van der Waals surface area contributed by atoms with Gasteiger partial charge in [0.25, 0.3) is 0 Å². The van der Waals surface area contributed by atoms with Crippen molar-refractivity contribution in [2.24, 2.45) is 0 Å². The Balaban J connectivity index is 2.30. The molecule has 0 saturated heterocycles. The molecule has 112 valence electrons. The van der Waals surface area contributed by atoms with E-state index >= 15 is 0 Å². The Kier molecular flexibility index (Phi) is 4.46. The third-order valence-electron chi connectivity index (χ3n) is 3.45. The summed E-state index contributed by atoms with van der Waals surface area (Å²) in [7, 11) is 0. The number of nitrogen functional groups attached to an aromatic ring is 1. The molecule has 0 saturated carbocycles. The standard InChI is InChI=1S/C17H19F2NO/c1-10(2)12-8-16(20)11(3)7-17(12)21-9-13-14(18)5-4-6-15(13)19/h4-8,10H,9,20H2,1-3H3. The Hall–Kier alpha value is -2.10. The van der Waals surface area contributed by atoms with Crippen molar-refractivity contribution in [3.05, 3.63) is 58.7 Å². The van der Waals surface area contributed by atoms with Crippen LogP contribution in [0.3, 0.4) is 0 Å². The third kappa shape index (κ3) is 3.32. The van der Waals surface area contributed by atoms with Gasteiger partial charge in [0, 0.05) is 5.69 Å². The van der Waals surface area contributed by atoms with Crippen LogP contribution in [0, 0.1) is 18.6 Å². The zero-order valence-corrected chi connectivity index (χ0v) is 12.4. The van der Waals surface area contributed by atoms with Gasteiger partial charge in [0.15, 0.2) is 0 Å². The molecule has 2 nitrogen and oxygen atoms in total. The van der Waals surface area contributed by atoms with E-state index in [0.29, 0.717) is 11.4 Å². The van der Waals surface area contributed by atoms with Crippen LogP contribution >= 0.6 is 0 Å². The maximum absolute atomic E-state index is 13.6. The average Bonchev–Trinajstić information content (AvgIpc) is 2.41. The van der Waals surface area contributed by atoms with Gasteiger partial charge in [0.05, 0.1) is 5.56 Å². The first kappa shape index (κ1) is 15.3. The van der Waals surface area contributed by atoms with Crippen molar-refractivity contribution < 1.29 is 13.5 Å². The van der Waals surface area contributed by atoms with Gasteiger partial charge in [-0.15, -0.1) is 0 Å². The number of rotatable bonds is 4. The number of hydrogen-bond acceptors (Lipinski definition) is 2. The molecule has 0 heterocycles. The maximum Gasteiger partial charge on any atom is 0.132 e. The number of benzene rings is 2. The summed E-state index contributed by atoms with van der Waals surface area (Å²) in [6, 6.07) is 7.44. The van der Waals surface area contributed by atoms with Crippen molar-refractivity contribution in [1.29, 1.82) is 0 Å². The molecule has 0 unspecified atom stereocenters. The monoisotopic (exact) mass is 291 g/mol. The van der Waals surface area contributed by atoms with Gasteiger partial charge in [-0.1, -0.05) is 19.9 Å². The summed E-state index contributed by atoms with van der Waals surface area (Å²) in [5.74, 6) is -0.394.